The van der Waals surface area contributed by atoms with Gasteiger partial charge >= 0.3 is 0 Å². The maximum Gasteiger partial charge on any atom is 0.0433 e. The molecule has 14 heavy (non-hydrogen) atoms. The van der Waals surface area contributed by atoms with Gasteiger partial charge in [-0.05, 0) is 62.9 Å². The number of nitrogens with one attached hydrogen (secondary N) is 1. The lowest BCUT2D eigenvalue weighted by molar-refractivity contribution is 0.0823. The Hall–Kier alpha value is 0.210. The normalized spacial score (nSPS) is 33.2. The highest BCUT2D eigenvalue weighted by Crippen LogP contribution is 2.43. The molecule has 0 aromatic rings. The largest absolute Gasteiger partial charge is 0.396 e. The van der Waals surface area contributed by atoms with Crippen molar-refractivity contribution in [3.05, 3.63) is 0 Å². The van der Waals surface area contributed by atoms with E-state index in [9.17, 15) is 0 Å². The first-order valence-corrected chi connectivity index (χ1v) is 5.71. The van der Waals surface area contributed by atoms with E-state index >= 15 is 0 Å². The van der Waals surface area contributed by atoms with E-state index in [-0.39, 0.29) is 12.4 Å². The Labute approximate surface area is 92.9 Å². The maximum atomic E-state index is 8.79. The van der Waals surface area contributed by atoms with Crippen LogP contribution in [0, 0.1) is 17.8 Å². The summed E-state index contributed by atoms with van der Waals surface area (Å²) in [5.74, 6) is 2.85. The molecule has 0 bridgehead atoms. The van der Waals surface area contributed by atoms with E-state index in [0.717, 1.165) is 24.2 Å². The lowest BCUT2D eigenvalue weighted by Gasteiger charge is -2.42. The topological polar surface area (TPSA) is 32.3 Å². The Morgan fingerprint density at radius 1 is 1.07 bits per heavy atom. The molecule has 0 atom stereocenters. The van der Waals surface area contributed by atoms with Gasteiger partial charge < -0.3 is 10.4 Å². The first kappa shape index (κ1) is 12.3. The van der Waals surface area contributed by atoms with Gasteiger partial charge in [0.1, 0.15) is 0 Å². The molecule has 1 aliphatic carbocycles. The summed E-state index contributed by atoms with van der Waals surface area (Å²) < 4.78 is 0. The zero-order chi connectivity index (χ0) is 9.10. The van der Waals surface area contributed by atoms with Crippen LogP contribution in [0.15, 0.2) is 0 Å². The fourth-order valence-electron chi connectivity index (χ4n) is 2.91. The molecule has 0 unspecified atom stereocenters. The number of hydrogen-bond donors (Lipinski definition) is 2. The van der Waals surface area contributed by atoms with Gasteiger partial charge in [-0.3, -0.25) is 0 Å². The highest BCUT2D eigenvalue weighted by atomic mass is 35.5. The summed E-state index contributed by atoms with van der Waals surface area (Å²) in [4.78, 5) is 0. The molecule has 2 aliphatic rings. The van der Waals surface area contributed by atoms with Gasteiger partial charge in [-0.1, -0.05) is 0 Å². The third-order valence-electron chi connectivity index (χ3n) is 3.86. The summed E-state index contributed by atoms with van der Waals surface area (Å²) in [5, 5.41) is 12.2. The van der Waals surface area contributed by atoms with Gasteiger partial charge in [0.2, 0.25) is 0 Å². The maximum absolute atomic E-state index is 8.79. The average molecular weight is 220 g/mol. The second kappa shape index (κ2) is 5.94. The van der Waals surface area contributed by atoms with Crippen molar-refractivity contribution in [1.29, 1.82) is 0 Å². The Balaban J connectivity index is 0.000000980. The number of hydrogen-bond acceptors (Lipinski definition) is 2. The Morgan fingerprint density at radius 3 is 2.29 bits per heavy atom. The van der Waals surface area contributed by atoms with Crippen molar-refractivity contribution >= 4 is 12.4 Å². The summed E-state index contributed by atoms with van der Waals surface area (Å²) in [5.41, 5.74) is 0. The summed E-state index contributed by atoms with van der Waals surface area (Å²) >= 11 is 0. The molecule has 1 aliphatic heterocycles. The fourth-order valence-corrected chi connectivity index (χ4v) is 2.91. The van der Waals surface area contributed by atoms with Crippen LogP contribution in [0.4, 0.5) is 0 Å². The zero-order valence-electron chi connectivity index (χ0n) is 8.74. The molecule has 2 rings (SSSR count). The van der Waals surface area contributed by atoms with Crippen LogP contribution in [0.2, 0.25) is 0 Å². The second-order valence-electron chi connectivity index (χ2n) is 4.70. The molecule has 0 radical (unpaired) electrons. The molecule has 0 amide bonds. The molecule has 2 N–H and O–H groups in total. The van der Waals surface area contributed by atoms with Crippen LogP contribution in [0.3, 0.4) is 0 Å². The van der Waals surface area contributed by atoms with Crippen molar-refractivity contribution in [2.24, 2.45) is 17.8 Å². The molecular weight excluding hydrogens is 198 g/mol. The average Bonchev–Trinajstić information content (AvgIpc) is 2.12. The summed E-state index contributed by atoms with van der Waals surface area (Å²) in [6.07, 6.45) is 6.60. The van der Waals surface area contributed by atoms with Gasteiger partial charge in [0.25, 0.3) is 0 Å². The third kappa shape index (κ3) is 2.85. The molecule has 0 aromatic heterocycles. The molecule has 1 heterocycles. The standard InChI is InChI=1S/C11H21NO.ClH/c13-6-3-9-7-11(8-9)10-1-4-12-5-2-10;/h9-13H,1-8H2;1H. The van der Waals surface area contributed by atoms with Crippen LogP contribution in [-0.2, 0) is 0 Å². The molecule has 3 heteroatoms. The first-order valence-electron chi connectivity index (χ1n) is 5.71. The summed E-state index contributed by atoms with van der Waals surface area (Å²) in [6.45, 7) is 2.85. The van der Waals surface area contributed by atoms with E-state index in [1.54, 1.807) is 0 Å². The number of rotatable bonds is 3. The van der Waals surface area contributed by atoms with Crippen molar-refractivity contribution in [2.75, 3.05) is 19.7 Å². The van der Waals surface area contributed by atoms with Crippen LogP contribution >= 0.6 is 12.4 Å². The minimum atomic E-state index is 0. The number of halogens is 1. The van der Waals surface area contributed by atoms with Crippen molar-refractivity contribution in [3.8, 4) is 0 Å². The minimum absolute atomic E-state index is 0. The quantitative estimate of drug-likeness (QED) is 0.759. The predicted octanol–water partition coefficient (Wildman–Crippen LogP) is 1.82. The third-order valence-corrected chi connectivity index (χ3v) is 3.86. The van der Waals surface area contributed by atoms with E-state index in [1.165, 1.54) is 38.8 Å². The van der Waals surface area contributed by atoms with Gasteiger partial charge in [0.05, 0.1) is 0 Å². The van der Waals surface area contributed by atoms with Crippen molar-refractivity contribution < 1.29 is 5.11 Å². The van der Waals surface area contributed by atoms with E-state index < -0.39 is 0 Å². The Kier molecular flexibility index (Phi) is 5.21. The Bertz CT molecular complexity index is 153. The lowest BCUT2D eigenvalue weighted by Crippen LogP contribution is -2.37. The smallest absolute Gasteiger partial charge is 0.0433 e. The predicted molar refractivity (Wildman–Crippen MR) is 60.8 cm³/mol. The second-order valence-corrected chi connectivity index (χ2v) is 4.70. The van der Waals surface area contributed by atoms with Crippen LogP contribution in [0.1, 0.15) is 32.1 Å². The molecule has 2 nitrogen and oxygen atoms in total. The van der Waals surface area contributed by atoms with E-state index in [0.29, 0.717) is 6.61 Å². The monoisotopic (exact) mass is 219 g/mol. The molecule has 84 valence electrons. The van der Waals surface area contributed by atoms with Crippen molar-refractivity contribution in [1.82, 2.24) is 5.32 Å². The van der Waals surface area contributed by atoms with Gasteiger partial charge in [-0.25, -0.2) is 0 Å². The summed E-state index contributed by atoms with van der Waals surface area (Å²) in [6, 6.07) is 0. The molecule has 1 saturated heterocycles. The van der Waals surface area contributed by atoms with E-state index in [4.69, 9.17) is 5.11 Å². The molecule has 2 fully saturated rings. The highest BCUT2D eigenvalue weighted by molar-refractivity contribution is 5.85. The van der Waals surface area contributed by atoms with Gasteiger partial charge in [-0.15, -0.1) is 12.4 Å². The number of aliphatic hydroxyl groups is 1. The van der Waals surface area contributed by atoms with Crippen LogP contribution in [0.25, 0.3) is 0 Å². The van der Waals surface area contributed by atoms with Gasteiger partial charge in [0.15, 0.2) is 0 Å². The fraction of sp³-hybridized carbons (Fsp3) is 1.00. The summed E-state index contributed by atoms with van der Waals surface area (Å²) in [7, 11) is 0. The minimum Gasteiger partial charge on any atom is -0.396 e. The Morgan fingerprint density at radius 2 is 1.71 bits per heavy atom. The van der Waals surface area contributed by atoms with Gasteiger partial charge in [0, 0.05) is 6.61 Å². The van der Waals surface area contributed by atoms with Crippen LogP contribution in [-0.4, -0.2) is 24.8 Å². The van der Waals surface area contributed by atoms with Gasteiger partial charge in [-0.2, -0.15) is 0 Å². The molecule has 1 saturated carbocycles. The molecule has 0 aromatic carbocycles. The lowest BCUT2D eigenvalue weighted by atomic mass is 9.65. The molecular formula is C11H22ClNO. The van der Waals surface area contributed by atoms with Crippen molar-refractivity contribution in [3.63, 3.8) is 0 Å². The highest BCUT2D eigenvalue weighted by Gasteiger charge is 2.34. The van der Waals surface area contributed by atoms with E-state index in [1.807, 2.05) is 0 Å². The van der Waals surface area contributed by atoms with Crippen LogP contribution in [0.5, 0.6) is 0 Å². The van der Waals surface area contributed by atoms with Crippen LogP contribution < -0.4 is 5.32 Å². The van der Waals surface area contributed by atoms with E-state index in [2.05, 4.69) is 5.32 Å². The first-order chi connectivity index (χ1) is 6.40. The molecule has 0 spiro atoms. The number of piperidine rings is 1. The zero-order valence-corrected chi connectivity index (χ0v) is 9.56. The SMILES string of the molecule is Cl.OCCC1CC(C2CCNCC2)C1. The van der Waals surface area contributed by atoms with Crippen molar-refractivity contribution in [2.45, 2.75) is 32.1 Å². The number of aliphatic hydroxyl groups excluding tert-OH is 1.